The van der Waals surface area contributed by atoms with Crippen LogP contribution in [-0.2, 0) is 13.1 Å². The van der Waals surface area contributed by atoms with Gasteiger partial charge >= 0.3 is 0 Å². The highest BCUT2D eigenvalue weighted by atomic mass is 79.9. The second kappa shape index (κ2) is 4.94. The lowest BCUT2D eigenvalue weighted by Gasteiger charge is -2.09. The van der Waals surface area contributed by atoms with Crippen molar-refractivity contribution in [2.75, 3.05) is 5.73 Å². The Balaban J connectivity index is 2.16. The Morgan fingerprint density at radius 3 is 2.75 bits per heavy atom. The molecule has 1 aromatic carbocycles. The van der Waals surface area contributed by atoms with E-state index in [1.54, 1.807) is 0 Å². The van der Waals surface area contributed by atoms with Gasteiger partial charge in [0.2, 0.25) is 5.95 Å². The number of imidazole rings is 1. The quantitative estimate of drug-likeness (QED) is 0.801. The summed E-state index contributed by atoms with van der Waals surface area (Å²) in [5.74, 6) is 0.526. The summed E-state index contributed by atoms with van der Waals surface area (Å²) in [6, 6.07) is 8.13. The summed E-state index contributed by atoms with van der Waals surface area (Å²) >= 11 is 3.57. The maximum Gasteiger partial charge on any atom is 0.202 e. The summed E-state index contributed by atoms with van der Waals surface area (Å²) in [5, 5.41) is 4.50. The monoisotopic (exact) mass is 333 g/mol. The number of aromatic nitrogens is 4. The van der Waals surface area contributed by atoms with Crippen molar-refractivity contribution in [2.24, 2.45) is 0 Å². The fraction of sp³-hybridized carbons (Fsp3) is 0.286. The predicted molar refractivity (Wildman–Crippen MR) is 83.6 cm³/mol. The van der Waals surface area contributed by atoms with E-state index >= 15 is 0 Å². The minimum Gasteiger partial charge on any atom is -0.369 e. The van der Waals surface area contributed by atoms with Gasteiger partial charge in [0.15, 0.2) is 5.65 Å². The van der Waals surface area contributed by atoms with E-state index in [2.05, 4.69) is 39.0 Å². The number of benzene rings is 1. The van der Waals surface area contributed by atoms with Crippen LogP contribution in [0.5, 0.6) is 0 Å². The second-order valence-corrected chi connectivity index (χ2v) is 5.58. The topological polar surface area (TPSA) is 61.7 Å². The molecule has 0 aliphatic heterocycles. The Bertz CT molecular complexity index is 771. The third-order valence-electron chi connectivity index (χ3n) is 3.41. The van der Waals surface area contributed by atoms with Crippen molar-refractivity contribution in [1.82, 2.24) is 19.3 Å². The van der Waals surface area contributed by atoms with Crippen molar-refractivity contribution in [3.8, 4) is 0 Å². The minimum atomic E-state index is 0.526. The Hall–Kier alpha value is -1.82. The third kappa shape index (κ3) is 2.00. The highest BCUT2D eigenvalue weighted by molar-refractivity contribution is 9.10. The Labute approximate surface area is 125 Å². The summed E-state index contributed by atoms with van der Waals surface area (Å²) in [6.45, 7) is 5.50. The summed E-state index contributed by atoms with van der Waals surface area (Å²) < 4.78 is 5.03. The molecule has 0 amide bonds. The minimum absolute atomic E-state index is 0.526. The second-order valence-electron chi connectivity index (χ2n) is 4.72. The van der Waals surface area contributed by atoms with Crippen LogP contribution in [0.4, 0.5) is 5.95 Å². The molecule has 2 N–H and O–H groups in total. The number of hydrogen-bond acceptors (Lipinski definition) is 3. The first-order valence-corrected chi connectivity index (χ1v) is 7.33. The number of nitrogens with zero attached hydrogens (tertiary/aromatic N) is 4. The van der Waals surface area contributed by atoms with Gasteiger partial charge in [-0.05, 0) is 25.5 Å². The number of halogens is 1. The largest absolute Gasteiger partial charge is 0.369 e. The molecule has 2 aromatic heterocycles. The lowest BCUT2D eigenvalue weighted by Crippen LogP contribution is -2.09. The molecule has 0 spiro atoms. The van der Waals surface area contributed by atoms with Gasteiger partial charge in [-0.1, -0.05) is 34.1 Å². The van der Waals surface area contributed by atoms with Crippen LogP contribution in [0.25, 0.3) is 11.2 Å². The number of hydrogen-bond donors (Lipinski definition) is 1. The van der Waals surface area contributed by atoms with E-state index in [4.69, 9.17) is 5.73 Å². The van der Waals surface area contributed by atoms with Gasteiger partial charge in [-0.3, -0.25) is 4.57 Å². The summed E-state index contributed by atoms with van der Waals surface area (Å²) in [5.41, 5.74) is 10.0. The van der Waals surface area contributed by atoms with Crippen molar-refractivity contribution in [2.45, 2.75) is 26.9 Å². The molecule has 2 heterocycles. The Kier molecular flexibility index (Phi) is 3.25. The van der Waals surface area contributed by atoms with Crippen molar-refractivity contribution in [3.05, 3.63) is 40.0 Å². The molecule has 3 aromatic rings. The molecule has 0 atom stereocenters. The van der Waals surface area contributed by atoms with Crippen LogP contribution in [-0.4, -0.2) is 19.3 Å². The molecule has 3 rings (SSSR count). The highest BCUT2D eigenvalue weighted by Crippen LogP contribution is 2.24. The molecule has 0 aliphatic carbocycles. The van der Waals surface area contributed by atoms with Crippen LogP contribution < -0.4 is 5.73 Å². The van der Waals surface area contributed by atoms with E-state index in [-0.39, 0.29) is 0 Å². The van der Waals surface area contributed by atoms with Gasteiger partial charge < -0.3 is 5.73 Å². The van der Waals surface area contributed by atoms with E-state index in [0.29, 0.717) is 12.5 Å². The average molecular weight is 334 g/mol. The fourth-order valence-electron chi connectivity index (χ4n) is 2.41. The molecule has 0 saturated heterocycles. The molecule has 104 valence electrons. The lowest BCUT2D eigenvalue weighted by molar-refractivity contribution is 0.647. The highest BCUT2D eigenvalue weighted by Gasteiger charge is 2.17. The molecule has 0 unspecified atom stereocenters. The van der Waals surface area contributed by atoms with Crippen LogP contribution in [0.1, 0.15) is 18.2 Å². The SMILES string of the molecule is CCn1nc(C)c2nc(N)n(Cc3ccccc3Br)c21. The number of anilines is 1. The lowest BCUT2D eigenvalue weighted by atomic mass is 10.2. The number of aryl methyl sites for hydroxylation is 2. The van der Waals surface area contributed by atoms with Crippen molar-refractivity contribution in [1.29, 1.82) is 0 Å². The Morgan fingerprint density at radius 2 is 2.05 bits per heavy atom. The zero-order chi connectivity index (χ0) is 14.3. The fourth-order valence-corrected chi connectivity index (χ4v) is 2.82. The molecule has 0 fully saturated rings. The molecular weight excluding hydrogens is 318 g/mol. The zero-order valence-corrected chi connectivity index (χ0v) is 13.1. The molecule has 6 heteroatoms. The van der Waals surface area contributed by atoms with Gasteiger partial charge in [0.1, 0.15) is 5.52 Å². The predicted octanol–water partition coefficient (Wildman–Crippen LogP) is 2.95. The first-order chi connectivity index (χ1) is 9.61. The van der Waals surface area contributed by atoms with E-state index in [9.17, 15) is 0 Å². The van der Waals surface area contributed by atoms with E-state index < -0.39 is 0 Å². The average Bonchev–Trinajstić information content (AvgIpc) is 2.91. The number of nitrogens with two attached hydrogens (primary N) is 1. The summed E-state index contributed by atoms with van der Waals surface area (Å²) in [7, 11) is 0. The van der Waals surface area contributed by atoms with Crippen LogP contribution >= 0.6 is 15.9 Å². The van der Waals surface area contributed by atoms with Gasteiger partial charge in [0.05, 0.1) is 12.2 Å². The zero-order valence-electron chi connectivity index (χ0n) is 11.5. The molecular formula is C14H16BrN5. The van der Waals surface area contributed by atoms with Crippen LogP contribution in [0, 0.1) is 6.92 Å². The van der Waals surface area contributed by atoms with Gasteiger partial charge in [0, 0.05) is 11.0 Å². The molecule has 0 radical (unpaired) electrons. The Morgan fingerprint density at radius 1 is 1.30 bits per heavy atom. The van der Waals surface area contributed by atoms with Crippen molar-refractivity contribution in [3.63, 3.8) is 0 Å². The van der Waals surface area contributed by atoms with Gasteiger partial charge in [-0.2, -0.15) is 5.10 Å². The van der Waals surface area contributed by atoms with E-state index in [1.165, 1.54) is 5.56 Å². The first-order valence-electron chi connectivity index (χ1n) is 6.54. The first kappa shape index (κ1) is 13.2. The molecule has 0 aliphatic rings. The van der Waals surface area contributed by atoms with Crippen molar-refractivity contribution >= 4 is 33.0 Å². The third-order valence-corrected chi connectivity index (χ3v) is 4.19. The van der Waals surface area contributed by atoms with Crippen molar-refractivity contribution < 1.29 is 0 Å². The normalized spacial score (nSPS) is 11.3. The van der Waals surface area contributed by atoms with Crippen LogP contribution in [0.2, 0.25) is 0 Å². The van der Waals surface area contributed by atoms with Crippen LogP contribution in [0.3, 0.4) is 0 Å². The standard InChI is InChI=1S/C14H16BrN5/c1-3-20-13-12(9(2)18-20)17-14(16)19(13)8-10-6-4-5-7-11(10)15/h4-7H,3,8H2,1-2H3,(H2,16,17). The molecule has 5 nitrogen and oxygen atoms in total. The molecule has 0 saturated carbocycles. The number of nitrogen functional groups attached to an aromatic ring is 1. The molecule has 20 heavy (non-hydrogen) atoms. The smallest absolute Gasteiger partial charge is 0.202 e. The maximum atomic E-state index is 6.08. The number of fused-ring (bicyclic) bond motifs is 1. The van der Waals surface area contributed by atoms with Crippen LogP contribution in [0.15, 0.2) is 28.7 Å². The van der Waals surface area contributed by atoms with Gasteiger partial charge in [-0.25, -0.2) is 9.67 Å². The molecule has 0 bridgehead atoms. The van der Waals surface area contributed by atoms with E-state index in [0.717, 1.165) is 27.9 Å². The van der Waals surface area contributed by atoms with E-state index in [1.807, 2.05) is 34.4 Å². The van der Waals surface area contributed by atoms with Gasteiger partial charge in [-0.15, -0.1) is 0 Å². The summed E-state index contributed by atoms with van der Waals surface area (Å²) in [6.07, 6.45) is 0. The number of rotatable bonds is 3. The maximum absolute atomic E-state index is 6.08. The van der Waals surface area contributed by atoms with Gasteiger partial charge in [0.25, 0.3) is 0 Å². The summed E-state index contributed by atoms with van der Waals surface area (Å²) in [4.78, 5) is 4.45.